The summed E-state index contributed by atoms with van der Waals surface area (Å²) in [7, 11) is 0. The van der Waals surface area contributed by atoms with Gasteiger partial charge in [-0.1, -0.05) is 26.0 Å². The molecule has 5 aromatic rings. The van der Waals surface area contributed by atoms with Gasteiger partial charge in [0.2, 0.25) is 0 Å². The molecule has 1 aliphatic rings. The maximum absolute atomic E-state index is 14.0. The van der Waals surface area contributed by atoms with Gasteiger partial charge in [-0.05, 0) is 60.4 Å². The number of Topliss-reactive ketones (excluding diaryl/α,β-unsaturated/α-hetero) is 1. The summed E-state index contributed by atoms with van der Waals surface area (Å²) >= 11 is 0. The summed E-state index contributed by atoms with van der Waals surface area (Å²) in [5, 5.41) is 0. The minimum Gasteiger partial charge on any atom is -0.305 e. The largest absolute Gasteiger partial charge is 0.305 e. The fraction of sp³-hybridized carbons (Fsp3) is 0.167. The third-order valence-electron chi connectivity index (χ3n) is 6.59. The molecule has 0 saturated heterocycles. The van der Waals surface area contributed by atoms with Gasteiger partial charge in [-0.2, -0.15) is 0 Å². The molecule has 0 radical (unpaired) electrons. The number of benzene rings is 1. The third-order valence-corrected chi connectivity index (χ3v) is 6.59. The molecule has 37 heavy (non-hydrogen) atoms. The Labute approximate surface area is 213 Å². The van der Waals surface area contributed by atoms with Crippen molar-refractivity contribution in [1.82, 2.24) is 24.5 Å². The van der Waals surface area contributed by atoms with Crippen LogP contribution in [0.25, 0.3) is 39.6 Å². The number of hydrogen-bond acceptors (Lipinski definition) is 5. The molecular weight excluding hydrogens is 465 g/mol. The van der Waals surface area contributed by atoms with Crippen molar-refractivity contribution >= 4 is 5.78 Å². The average molecular weight is 490 g/mol. The number of imidazole rings is 1. The first kappa shape index (κ1) is 22.9. The lowest BCUT2D eigenvalue weighted by Crippen LogP contribution is -2.27. The molecule has 0 atom stereocenters. The Hall–Kier alpha value is -4.52. The van der Waals surface area contributed by atoms with Gasteiger partial charge in [-0.15, -0.1) is 0 Å². The van der Waals surface area contributed by atoms with E-state index in [2.05, 4.69) is 23.8 Å². The lowest BCUT2D eigenvalue weighted by Gasteiger charge is -2.29. The minimum atomic E-state index is -0.322. The molecule has 0 spiro atoms. The van der Waals surface area contributed by atoms with Crippen molar-refractivity contribution in [1.29, 1.82) is 0 Å². The quantitative estimate of drug-likeness (QED) is 0.294. The monoisotopic (exact) mass is 489 g/mol. The number of hydrogen-bond donors (Lipinski definition) is 0. The second-order valence-corrected chi connectivity index (χ2v) is 10.1. The minimum absolute atomic E-state index is 0.109. The third kappa shape index (κ3) is 4.56. The van der Waals surface area contributed by atoms with Crippen molar-refractivity contribution in [2.45, 2.75) is 26.7 Å². The Balaban J connectivity index is 1.42. The topological polar surface area (TPSA) is 73.6 Å². The molecule has 4 heterocycles. The summed E-state index contributed by atoms with van der Waals surface area (Å²) in [6.45, 7) is 4.19. The average Bonchev–Trinajstić information content (AvgIpc) is 3.38. The van der Waals surface area contributed by atoms with E-state index in [9.17, 15) is 9.18 Å². The van der Waals surface area contributed by atoms with Crippen LogP contribution in [0.5, 0.6) is 0 Å². The predicted molar refractivity (Wildman–Crippen MR) is 140 cm³/mol. The number of halogens is 1. The number of carbonyl (C=O) groups is 1. The van der Waals surface area contributed by atoms with Gasteiger partial charge in [0.25, 0.3) is 0 Å². The van der Waals surface area contributed by atoms with Gasteiger partial charge in [-0.25, -0.2) is 14.4 Å². The molecule has 4 aromatic heterocycles. The fourth-order valence-electron chi connectivity index (χ4n) is 4.80. The van der Waals surface area contributed by atoms with E-state index in [-0.39, 0.29) is 17.0 Å². The molecule has 0 saturated carbocycles. The summed E-state index contributed by atoms with van der Waals surface area (Å²) in [6.07, 6.45) is 8.37. The van der Waals surface area contributed by atoms with E-state index in [0.29, 0.717) is 34.6 Å². The van der Waals surface area contributed by atoms with Gasteiger partial charge >= 0.3 is 0 Å². The van der Waals surface area contributed by atoms with Crippen molar-refractivity contribution in [2.24, 2.45) is 5.41 Å². The highest BCUT2D eigenvalue weighted by Gasteiger charge is 2.32. The molecule has 6 nitrogen and oxygen atoms in total. The van der Waals surface area contributed by atoms with Crippen LogP contribution in [0.15, 0.2) is 85.6 Å². The van der Waals surface area contributed by atoms with Crippen LogP contribution in [-0.4, -0.2) is 30.3 Å². The van der Waals surface area contributed by atoms with E-state index in [1.54, 1.807) is 24.8 Å². The smallest absolute Gasteiger partial charge is 0.165 e. The SMILES string of the molecule is CC1(C)CC(=O)c2ccc(-c3cn(-c4cc(-c5cccnc5)nc(-c5cccc(F)c5)c4)cn3)nc2C1. The molecule has 6 rings (SSSR count). The highest BCUT2D eigenvalue weighted by atomic mass is 19.1. The summed E-state index contributed by atoms with van der Waals surface area (Å²) in [4.78, 5) is 31.0. The maximum atomic E-state index is 14.0. The van der Waals surface area contributed by atoms with E-state index in [1.165, 1.54) is 12.1 Å². The maximum Gasteiger partial charge on any atom is 0.165 e. The number of ketones is 1. The van der Waals surface area contributed by atoms with Crippen molar-refractivity contribution in [3.63, 3.8) is 0 Å². The van der Waals surface area contributed by atoms with E-state index < -0.39 is 0 Å². The van der Waals surface area contributed by atoms with Gasteiger partial charge in [0.15, 0.2) is 5.78 Å². The molecule has 0 fully saturated rings. The van der Waals surface area contributed by atoms with E-state index in [1.807, 2.05) is 53.2 Å². The van der Waals surface area contributed by atoms with E-state index in [0.717, 1.165) is 29.1 Å². The first-order chi connectivity index (χ1) is 17.8. The van der Waals surface area contributed by atoms with Crippen LogP contribution in [0.3, 0.4) is 0 Å². The van der Waals surface area contributed by atoms with Gasteiger partial charge in [0.05, 0.1) is 34.8 Å². The summed E-state index contributed by atoms with van der Waals surface area (Å²) in [6, 6.07) is 17.8. The molecule has 7 heteroatoms. The Morgan fingerprint density at radius 3 is 2.46 bits per heavy atom. The molecular formula is C30H24FN5O. The number of carbonyl (C=O) groups excluding carboxylic acids is 1. The van der Waals surface area contributed by atoms with Crippen LogP contribution >= 0.6 is 0 Å². The van der Waals surface area contributed by atoms with Crippen LogP contribution in [0.4, 0.5) is 4.39 Å². The molecule has 0 N–H and O–H groups in total. The van der Waals surface area contributed by atoms with Crippen LogP contribution in [0, 0.1) is 11.2 Å². The zero-order valence-corrected chi connectivity index (χ0v) is 20.5. The zero-order chi connectivity index (χ0) is 25.6. The second-order valence-electron chi connectivity index (χ2n) is 10.1. The summed E-state index contributed by atoms with van der Waals surface area (Å²) in [5.41, 5.74) is 6.54. The lowest BCUT2D eigenvalue weighted by molar-refractivity contribution is 0.0910. The highest BCUT2D eigenvalue weighted by Crippen LogP contribution is 2.35. The number of rotatable bonds is 4. The molecule has 1 aromatic carbocycles. The Bertz CT molecular complexity index is 1640. The van der Waals surface area contributed by atoms with Gasteiger partial charge < -0.3 is 4.57 Å². The fourth-order valence-corrected chi connectivity index (χ4v) is 4.80. The van der Waals surface area contributed by atoms with Gasteiger partial charge in [0, 0.05) is 41.7 Å². The van der Waals surface area contributed by atoms with Crippen LogP contribution in [0.1, 0.15) is 36.3 Å². The summed E-state index contributed by atoms with van der Waals surface area (Å²) in [5.74, 6) is -0.182. The van der Waals surface area contributed by atoms with Crippen molar-refractivity contribution < 1.29 is 9.18 Å². The first-order valence-electron chi connectivity index (χ1n) is 12.1. The zero-order valence-electron chi connectivity index (χ0n) is 20.5. The van der Waals surface area contributed by atoms with E-state index in [4.69, 9.17) is 9.97 Å². The lowest BCUT2D eigenvalue weighted by atomic mass is 9.75. The van der Waals surface area contributed by atoms with Crippen molar-refractivity contribution in [3.8, 4) is 39.6 Å². The van der Waals surface area contributed by atoms with E-state index >= 15 is 0 Å². The molecule has 0 aliphatic heterocycles. The number of pyridine rings is 3. The number of fused-ring (bicyclic) bond motifs is 1. The Morgan fingerprint density at radius 1 is 0.865 bits per heavy atom. The van der Waals surface area contributed by atoms with Crippen LogP contribution < -0.4 is 0 Å². The molecule has 0 amide bonds. The summed E-state index contributed by atoms with van der Waals surface area (Å²) < 4.78 is 15.9. The first-order valence-corrected chi connectivity index (χ1v) is 12.1. The molecule has 182 valence electrons. The predicted octanol–water partition coefficient (Wildman–Crippen LogP) is 6.35. The van der Waals surface area contributed by atoms with Crippen LogP contribution in [0.2, 0.25) is 0 Å². The standard InChI is InChI=1S/C30H24FN5O/c1-30(2)14-27-23(29(37)15-30)8-9-24(34-27)28-17-36(18-33-28)22-12-25(19-5-3-7-21(31)11-19)35-26(13-22)20-6-4-10-32-16-20/h3-13,16-18H,14-15H2,1-2H3. The number of nitrogens with zero attached hydrogens (tertiary/aromatic N) is 5. The molecule has 0 unspecified atom stereocenters. The van der Waals surface area contributed by atoms with Gasteiger partial charge in [0.1, 0.15) is 11.5 Å². The second kappa shape index (κ2) is 8.85. The highest BCUT2D eigenvalue weighted by molar-refractivity contribution is 5.98. The number of aromatic nitrogens is 5. The normalized spacial score (nSPS) is 14.4. The Morgan fingerprint density at radius 2 is 1.68 bits per heavy atom. The molecule has 0 bridgehead atoms. The van der Waals surface area contributed by atoms with Gasteiger partial charge in [-0.3, -0.25) is 14.8 Å². The molecule has 1 aliphatic carbocycles. The Kier molecular flexibility index (Phi) is 5.48. The van der Waals surface area contributed by atoms with Crippen molar-refractivity contribution in [2.75, 3.05) is 0 Å². The van der Waals surface area contributed by atoms with Crippen molar-refractivity contribution in [3.05, 3.63) is 103 Å². The van der Waals surface area contributed by atoms with Crippen LogP contribution in [-0.2, 0) is 6.42 Å².